The number of carboxylic acids is 1. The summed E-state index contributed by atoms with van der Waals surface area (Å²) < 4.78 is 0. The average molecular weight is 477 g/mol. The Labute approximate surface area is 205 Å². The lowest BCUT2D eigenvalue weighted by Gasteiger charge is -2.33. The van der Waals surface area contributed by atoms with Gasteiger partial charge in [-0.05, 0) is 42.8 Å². The monoisotopic (exact) mass is 476 g/mol. The Morgan fingerprint density at radius 3 is 2.57 bits per heavy atom. The molecule has 0 radical (unpaired) electrons. The molecule has 35 heavy (non-hydrogen) atoms. The summed E-state index contributed by atoms with van der Waals surface area (Å²) in [7, 11) is 0. The number of piperazine rings is 1. The van der Waals surface area contributed by atoms with E-state index in [1.165, 1.54) is 5.56 Å². The van der Waals surface area contributed by atoms with Crippen molar-refractivity contribution in [2.45, 2.75) is 13.0 Å². The van der Waals surface area contributed by atoms with Gasteiger partial charge in [0.2, 0.25) is 0 Å². The lowest BCUT2D eigenvalue weighted by Crippen LogP contribution is -2.47. The van der Waals surface area contributed by atoms with Gasteiger partial charge in [-0.1, -0.05) is 12.1 Å². The van der Waals surface area contributed by atoms with E-state index in [9.17, 15) is 4.79 Å². The molecule has 5 N–H and O–H groups in total. The van der Waals surface area contributed by atoms with Gasteiger partial charge in [-0.15, -0.1) is 0 Å². The van der Waals surface area contributed by atoms with Gasteiger partial charge >= 0.3 is 5.97 Å². The van der Waals surface area contributed by atoms with Crippen molar-refractivity contribution in [1.29, 1.82) is 0 Å². The standard InChI is InChI=1S/C25H32N8O2/c26-6-2-7-27-24-16-29-22(15-30-24)20-5-8-28-23(14-20)31-21-4-1-3-19(13-21)17-32-9-11-33(12-10-32)18-25(34)35/h1,3-5,8,13-16H,2,6-7,9-12,17-18,26H2,(H,27,30)(H,28,31)(H,34,35). The first-order valence-corrected chi connectivity index (χ1v) is 11.8. The minimum atomic E-state index is -0.769. The van der Waals surface area contributed by atoms with Crippen molar-refractivity contribution in [1.82, 2.24) is 24.8 Å². The Morgan fingerprint density at radius 2 is 1.83 bits per heavy atom. The minimum Gasteiger partial charge on any atom is -0.480 e. The Morgan fingerprint density at radius 1 is 1.00 bits per heavy atom. The van der Waals surface area contributed by atoms with Crippen molar-refractivity contribution < 1.29 is 9.90 Å². The summed E-state index contributed by atoms with van der Waals surface area (Å²) in [5, 5.41) is 15.6. The van der Waals surface area contributed by atoms with Gasteiger partial charge in [0.05, 0.1) is 24.6 Å². The second kappa shape index (κ2) is 12.2. The highest BCUT2D eigenvalue weighted by Crippen LogP contribution is 2.22. The van der Waals surface area contributed by atoms with E-state index in [0.717, 1.165) is 74.3 Å². The zero-order valence-corrected chi connectivity index (χ0v) is 19.7. The molecule has 10 nitrogen and oxygen atoms in total. The fourth-order valence-electron chi connectivity index (χ4n) is 4.00. The Kier molecular flexibility index (Phi) is 8.55. The number of nitrogens with one attached hydrogen (secondary N) is 2. The first-order valence-electron chi connectivity index (χ1n) is 11.8. The number of pyridine rings is 1. The van der Waals surface area contributed by atoms with Crippen LogP contribution in [0.15, 0.2) is 55.0 Å². The van der Waals surface area contributed by atoms with Crippen molar-refractivity contribution in [2.24, 2.45) is 5.73 Å². The van der Waals surface area contributed by atoms with E-state index in [-0.39, 0.29) is 6.54 Å². The number of aliphatic carboxylic acids is 1. The van der Waals surface area contributed by atoms with Crippen LogP contribution in [0.3, 0.4) is 0 Å². The lowest BCUT2D eigenvalue weighted by atomic mass is 10.1. The fourth-order valence-corrected chi connectivity index (χ4v) is 4.00. The van der Waals surface area contributed by atoms with Crippen LogP contribution in [0.25, 0.3) is 11.3 Å². The molecule has 0 aliphatic carbocycles. The third-order valence-electron chi connectivity index (χ3n) is 5.82. The molecule has 0 saturated carbocycles. The molecule has 3 heterocycles. The predicted molar refractivity (Wildman–Crippen MR) is 137 cm³/mol. The summed E-state index contributed by atoms with van der Waals surface area (Å²) in [5.41, 5.74) is 9.38. The van der Waals surface area contributed by atoms with Crippen molar-refractivity contribution >= 4 is 23.3 Å². The summed E-state index contributed by atoms with van der Waals surface area (Å²) in [5.74, 6) is 0.692. The summed E-state index contributed by atoms with van der Waals surface area (Å²) in [6.45, 7) is 5.61. The number of hydrogen-bond acceptors (Lipinski definition) is 9. The van der Waals surface area contributed by atoms with Gasteiger partial charge in [-0.3, -0.25) is 19.6 Å². The van der Waals surface area contributed by atoms with Gasteiger partial charge in [-0.25, -0.2) is 9.97 Å². The first-order chi connectivity index (χ1) is 17.1. The number of nitrogens with zero attached hydrogens (tertiary/aromatic N) is 5. The topological polar surface area (TPSA) is 133 Å². The van der Waals surface area contributed by atoms with Gasteiger partial charge in [0.1, 0.15) is 11.6 Å². The number of anilines is 3. The van der Waals surface area contributed by atoms with Gasteiger partial charge < -0.3 is 21.5 Å². The maximum absolute atomic E-state index is 10.9. The first kappa shape index (κ1) is 24.5. The second-order valence-electron chi connectivity index (χ2n) is 8.56. The van der Waals surface area contributed by atoms with Crippen LogP contribution in [0.2, 0.25) is 0 Å². The van der Waals surface area contributed by atoms with Crippen molar-refractivity contribution in [3.63, 3.8) is 0 Å². The fraction of sp³-hybridized carbons (Fsp3) is 0.360. The SMILES string of the molecule is NCCCNc1cnc(-c2ccnc(Nc3cccc(CN4CCN(CC(=O)O)CC4)c3)c2)cn1. The summed E-state index contributed by atoms with van der Waals surface area (Å²) >= 11 is 0. The molecule has 1 aliphatic heterocycles. The number of benzene rings is 1. The van der Waals surface area contributed by atoms with Crippen LogP contribution >= 0.6 is 0 Å². The quantitative estimate of drug-likeness (QED) is 0.305. The van der Waals surface area contributed by atoms with E-state index < -0.39 is 5.97 Å². The molecule has 2 aromatic heterocycles. The van der Waals surface area contributed by atoms with E-state index in [4.69, 9.17) is 10.8 Å². The third-order valence-corrected chi connectivity index (χ3v) is 5.82. The zero-order valence-electron chi connectivity index (χ0n) is 19.7. The van der Waals surface area contributed by atoms with Gasteiger partial charge in [-0.2, -0.15) is 0 Å². The molecule has 0 unspecified atom stereocenters. The molecule has 1 aromatic carbocycles. The highest BCUT2D eigenvalue weighted by molar-refractivity contribution is 5.69. The van der Waals surface area contributed by atoms with E-state index in [1.807, 2.05) is 29.2 Å². The van der Waals surface area contributed by atoms with Gasteiger partial charge in [0, 0.05) is 56.7 Å². The molecule has 4 rings (SSSR count). The van der Waals surface area contributed by atoms with Gasteiger partial charge in [0.15, 0.2) is 0 Å². The van der Waals surface area contributed by atoms with Crippen LogP contribution in [-0.4, -0.2) is 81.6 Å². The van der Waals surface area contributed by atoms with Crippen LogP contribution in [0.5, 0.6) is 0 Å². The largest absolute Gasteiger partial charge is 0.480 e. The maximum Gasteiger partial charge on any atom is 0.317 e. The second-order valence-corrected chi connectivity index (χ2v) is 8.56. The van der Waals surface area contributed by atoms with Crippen molar-refractivity contribution in [3.05, 3.63) is 60.6 Å². The number of nitrogens with two attached hydrogens (primary N) is 1. The molecule has 1 fully saturated rings. The zero-order chi connectivity index (χ0) is 24.5. The Balaban J connectivity index is 1.35. The van der Waals surface area contributed by atoms with E-state index in [2.05, 4.69) is 42.6 Å². The molecule has 1 saturated heterocycles. The van der Waals surface area contributed by atoms with E-state index in [0.29, 0.717) is 6.54 Å². The molecule has 10 heteroatoms. The number of carbonyl (C=O) groups is 1. The van der Waals surface area contributed by atoms with Crippen molar-refractivity contribution in [3.8, 4) is 11.3 Å². The third kappa shape index (κ3) is 7.44. The minimum absolute atomic E-state index is 0.112. The summed E-state index contributed by atoms with van der Waals surface area (Å²) in [6, 6.07) is 12.2. The molecule has 3 aromatic rings. The van der Waals surface area contributed by atoms with Crippen LogP contribution in [0.1, 0.15) is 12.0 Å². The average Bonchev–Trinajstić information content (AvgIpc) is 2.86. The number of aromatic nitrogens is 3. The molecule has 0 atom stereocenters. The summed E-state index contributed by atoms with van der Waals surface area (Å²) in [4.78, 5) is 28.7. The molecule has 0 bridgehead atoms. The van der Waals surface area contributed by atoms with E-state index >= 15 is 0 Å². The Bertz CT molecular complexity index is 1100. The number of hydrogen-bond donors (Lipinski definition) is 4. The van der Waals surface area contributed by atoms with Crippen molar-refractivity contribution in [2.75, 3.05) is 56.4 Å². The molecule has 1 aliphatic rings. The summed E-state index contributed by atoms with van der Waals surface area (Å²) in [6.07, 6.45) is 6.12. The van der Waals surface area contributed by atoms with Crippen LogP contribution < -0.4 is 16.4 Å². The van der Waals surface area contributed by atoms with Crippen LogP contribution in [0, 0.1) is 0 Å². The molecule has 0 amide bonds. The highest BCUT2D eigenvalue weighted by atomic mass is 16.4. The van der Waals surface area contributed by atoms with Crippen LogP contribution in [0.4, 0.5) is 17.3 Å². The van der Waals surface area contributed by atoms with Crippen LogP contribution in [-0.2, 0) is 11.3 Å². The molecular weight excluding hydrogens is 444 g/mol. The van der Waals surface area contributed by atoms with Gasteiger partial charge in [0.25, 0.3) is 0 Å². The Hall–Kier alpha value is -3.60. The smallest absolute Gasteiger partial charge is 0.317 e. The maximum atomic E-state index is 10.9. The number of rotatable bonds is 11. The predicted octanol–water partition coefficient (Wildman–Crippen LogP) is 2.25. The lowest BCUT2D eigenvalue weighted by molar-refractivity contribution is -0.138. The molecule has 184 valence electrons. The van der Waals surface area contributed by atoms with E-state index in [1.54, 1.807) is 18.6 Å². The molecule has 0 spiro atoms. The number of carboxylic acid groups (broad SMARTS) is 1. The molecular formula is C25H32N8O2. The highest BCUT2D eigenvalue weighted by Gasteiger charge is 2.18. The normalized spacial score (nSPS) is 14.5.